The van der Waals surface area contributed by atoms with Crippen molar-refractivity contribution in [3.8, 4) is 5.75 Å². The van der Waals surface area contributed by atoms with Crippen molar-refractivity contribution < 1.29 is 35.4 Å². The molecule has 0 amide bonds. The van der Waals surface area contributed by atoms with Crippen LogP contribution in [0.25, 0.3) is 0 Å². The predicted octanol–water partition coefficient (Wildman–Crippen LogP) is 4.35. The predicted molar refractivity (Wildman–Crippen MR) is 113 cm³/mol. The van der Waals surface area contributed by atoms with E-state index in [1.165, 1.54) is 27.9 Å². The number of alkyl halides is 3. The van der Waals surface area contributed by atoms with Crippen LogP contribution in [0.2, 0.25) is 0 Å². The fourth-order valence-corrected chi connectivity index (χ4v) is 2.65. The Balaban J connectivity index is 0.000000390. The number of aromatic nitrogens is 1. The Bertz CT molecular complexity index is 1130. The highest BCUT2D eigenvalue weighted by atomic mass is 32.2. The lowest BCUT2D eigenvalue weighted by molar-refractivity contribution is -0.680. The molecule has 3 aromatic rings. The Morgan fingerprint density at radius 3 is 1.91 bits per heavy atom. The Morgan fingerprint density at radius 1 is 0.906 bits per heavy atom. The van der Waals surface area contributed by atoms with E-state index in [9.17, 15) is 13.2 Å². The van der Waals surface area contributed by atoms with Gasteiger partial charge >= 0.3 is 5.51 Å². The second kappa shape index (κ2) is 10.6. The molecule has 0 aliphatic rings. The van der Waals surface area contributed by atoms with Crippen molar-refractivity contribution in [3.63, 3.8) is 0 Å². The summed E-state index contributed by atoms with van der Waals surface area (Å²) in [6.07, 6.45) is 3.05. The van der Waals surface area contributed by atoms with Crippen molar-refractivity contribution >= 4 is 10.1 Å². The van der Waals surface area contributed by atoms with Gasteiger partial charge in [-0.1, -0.05) is 47.5 Å². The van der Waals surface area contributed by atoms with Crippen LogP contribution in [0.4, 0.5) is 13.2 Å². The van der Waals surface area contributed by atoms with E-state index < -0.39 is 15.6 Å². The number of hydrogen-bond donors (Lipinski definition) is 0. The van der Waals surface area contributed by atoms with Gasteiger partial charge in [0.1, 0.15) is 12.8 Å². The van der Waals surface area contributed by atoms with E-state index in [1.807, 2.05) is 12.1 Å². The van der Waals surface area contributed by atoms with Crippen molar-refractivity contribution in [2.45, 2.75) is 32.4 Å². The van der Waals surface area contributed by atoms with Gasteiger partial charge in [-0.25, -0.2) is 13.0 Å². The molecule has 3 rings (SSSR count). The van der Waals surface area contributed by atoms with Crippen LogP contribution in [0, 0.1) is 13.8 Å². The van der Waals surface area contributed by atoms with Gasteiger partial charge in [0.15, 0.2) is 22.9 Å². The highest BCUT2D eigenvalue weighted by Crippen LogP contribution is 2.20. The first-order chi connectivity index (χ1) is 14.8. The molecule has 0 saturated carbocycles. The van der Waals surface area contributed by atoms with E-state index in [1.54, 1.807) is 0 Å². The first-order valence-corrected chi connectivity index (χ1v) is 11.0. The molecule has 172 valence electrons. The molecule has 9 heteroatoms. The fourth-order valence-electron chi connectivity index (χ4n) is 2.65. The summed E-state index contributed by atoms with van der Waals surface area (Å²) in [7, 11) is -4.03. The third-order valence-corrected chi connectivity index (χ3v) is 5.10. The maximum atomic E-state index is 10.7. The van der Waals surface area contributed by atoms with Crippen LogP contribution in [-0.4, -0.2) is 18.5 Å². The average molecular weight is 468 g/mol. The quantitative estimate of drug-likeness (QED) is 0.318. The highest BCUT2D eigenvalue weighted by Gasteiger charge is 2.36. The summed E-state index contributed by atoms with van der Waals surface area (Å²) in [5.41, 5.74) is 0.699. The molecule has 0 radical (unpaired) electrons. The van der Waals surface area contributed by atoms with Crippen LogP contribution >= 0.6 is 0 Å². The SMILES string of the molecule is Cc1ccc(Cc2cc[n+](C)c(COc3ccc(C)cc3)c2)cc1.O=S(=O)([O-])C(F)(F)F. The third kappa shape index (κ3) is 7.97. The third-order valence-electron chi connectivity index (χ3n) is 4.54. The van der Waals surface area contributed by atoms with Crippen LogP contribution < -0.4 is 9.30 Å². The van der Waals surface area contributed by atoms with E-state index in [0.29, 0.717) is 6.61 Å². The van der Waals surface area contributed by atoms with Crippen molar-refractivity contribution in [1.29, 1.82) is 0 Å². The first-order valence-electron chi connectivity index (χ1n) is 9.60. The summed E-state index contributed by atoms with van der Waals surface area (Å²) < 4.78 is 66.9. The van der Waals surface area contributed by atoms with Gasteiger partial charge in [0.2, 0.25) is 5.69 Å². The molecule has 0 unspecified atom stereocenters. The first kappa shape index (κ1) is 25.4. The average Bonchev–Trinajstić information content (AvgIpc) is 2.70. The summed E-state index contributed by atoms with van der Waals surface area (Å²) >= 11 is 0. The Labute approximate surface area is 185 Å². The zero-order chi connectivity index (χ0) is 23.9. The maximum absolute atomic E-state index is 10.7. The van der Waals surface area contributed by atoms with Crippen molar-refractivity contribution in [2.24, 2.45) is 7.05 Å². The molecule has 1 heterocycles. The summed E-state index contributed by atoms with van der Waals surface area (Å²) in [6, 6.07) is 21.3. The van der Waals surface area contributed by atoms with Crippen molar-refractivity contribution in [1.82, 2.24) is 0 Å². The van der Waals surface area contributed by atoms with Gasteiger partial charge in [0, 0.05) is 12.1 Å². The Kier molecular flexibility index (Phi) is 8.40. The lowest BCUT2D eigenvalue weighted by Crippen LogP contribution is -2.34. The van der Waals surface area contributed by atoms with E-state index in [0.717, 1.165) is 12.2 Å². The van der Waals surface area contributed by atoms with Crippen LogP contribution in [0.1, 0.15) is 27.9 Å². The molecule has 0 aliphatic carbocycles. The Hall–Kier alpha value is -2.91. The molecular weight excluding hydrogens is 443 g/mol. The molecule has 0 aliphatic heterocycles. The van der Waals surface area contributed by atoms with E-state index in [4.69, 9.17) is 17.7 Å². The smallest absolute Gasteiger partial charge is 0.485 e. The van der Waals surface area contributed by atoms with Crippen LogP contribution in [0.15, 0.2) is 66.9 Å². The minimum absolute atomic E-state index is 0.571. The summed E-state index contributed by atoms with van der Waals surface area (Å²) in [5.74, 6) is 0.907. The minimum atomic E-state index is -6.09. The number of ether oxygens (including phenoxy) is 1. The molecule has 32 heavy (non-hydrogen) atoms. The molecule has 0 bridgehead atoms. The number of pyridine rings is 1. The van der Waals surface area contributed by atoms with Gasteiger partial charge < -0.3 is 9.29 Å². The molecular formula is C23H24F3NO4S. The Morgan fingerprint density at radius 2 is 1.41 bits per heavy atom. The van der Waals surface area contributed by atoms with Gasteiger partial charge in [0.05, 0.1) is 0 Å². The number of aryl methyl sites for hydroxylation is 3. The topological polar surface area (TPSA) is 70.3 Å². The monoisotopic (exact) mass is 467 g/mol. The number of benzene rings is 2. The minimum Gasteiger partial charge on any atom is -0.741 e. The van der Waals surface area contributed by atoms with Crippen molar-refractivity contribution in [3.05, 3.63) is 94.8 Å². The summed E-state index contributed by atoms with van der Waals surface area (Å²) in [5, 5.41) is 0. The standard InChI is InChI=1S/C22H24NO.CHF3O3S/c1-17-4-8-19(9-5-17)14-20-12-13-23(3)21(15-20)16-24-22-10-6-18(2)7-11-22;2-1(3,4)8(5,6)7/h4-13,15H,14,16H2,1-3H3;(H,5,6,7)/q+1;/p-1. The van der Waals surface area contributed by atoms with Crippen molar-refractivity contribution in [2.75, 3.05) is 0 Å². The fraction of sp³-hybridized carbons (Fsp3) is 0.261. The molecule has 1 aromatic heterocycles. The summed E-state index contributed by atoms with van der Waals surface area (Å²) in [4.78, 5) is 0. The van der Waals surface area contributed by atoms with Crippen LogP contribution in [0.3, 0.4) is 0 Å². The van der Waals surface area contributed by atoms with Gasteiger partial charge in [-0.2, -0.15) is 13.2 Å². The molecule has 0 saturated heterocycles. The molecule has 0 spiro atoms. The number of rotatable bonds is 5. The largest absolute Gasteiger partial charge is 0.741 e. The number of halogens is 3. The second-order valence-corrected chi connectivity index (χ2v) is 8.67. The van der Waals surface area contributed by atoms with Gasteiger partial charge in [-0.05, 0) is 43.5 Å². The lowest BCUT2D eigenvalue weighted by Gasteiger charge is -2.08. The maximum Gasteiger partial charge on any atom is 0.485 e. The zero-order valence-electron chi connectivity index (χ0n) is 17.9. The van der Waals surface area contributed by atoms with E-state index in [2.05, 4.69) is 80.2 Å². The number of hydrogen-bond acceptors (Lipinski definition) is 4. The normalized spacial score (nSPS) is 11.5. The molecule has 0 fully saturated rings. The molecule has 5 nitrogen and oxygen atoms in total. The van der Waals surface area contributed by atoms with Gasteiger partial charge in [0.25, 0.3) is 0 Å². The lowest BCUT2D eigenvalue weighted by atomic mass is 10.0. The van der Waals surface area contributed by atoms with E-state index >= 15 is 0 Å². The van der Waals surface area contributed by atoms with E-state index in [-0.39, 0.29) is 0 Å². The second-order valence-electron chi connectivity index (χ2n) is 7.30. The van der Waals surface area contributed by atoms with Crippen LogP contribution in [0.5, 0.6) is 5.75 Å². The van der Waals surface area contributed by atoms with Crippen LogP contribution in [-0.2, 0) is 30.2 Å². The van der Waals surface area contributed by atoms with Gasteiger partial charge in [-0.3, -0.25) is 0 Å². The molecule has 0 atom stereocenters. The zero-order valence-corrected chi connectivity index (χ0v) is 18.7. The highest BCUT2D eigenvalue weighted by molar-refractivity contribution is 7.86. The summed E-state index contributed by atoms with van der Waals surface area (Å²) in [6.45, 7) is 4.77. The molecule has 2 aromatic carbocycles. The van der Waals surface area contributed by atoms with Gasteiger partial charge in [-0.15, -0.1) is 0 Å². The number of nitrogens with zero attached hydrogens (tertiary/aromatic N) is 1. The molecule has 0 N–H and O–H groups in total.